The number of aromatic nitrogens is 4. The highest BCUT2D eigenvalue weighted by atomic mass is 19.3. The molecule has 0 bridgehead atoms. The number of carbonyl (C=O) groups excluding carboxylic acids is 1. The average Bonchev–Trinajstić information content (AvgIpc) is 3.45. The van der Waals surface area contributed by atoms with Crippen LogP contribution in [0.1, 0.15) is 59.3 Å². The van der Waals surface area contributed by atoms with Gasteiger partial charge in [-0.2, -0.15) is 8.78 Å². The van der Waals surface area contributed by atoms with Gasteiger partial charge in [-0.3, -0.25) is 4.79 Å². The predicted molar refractivity (Wildman–Crippen MR) is 133 cm³/mol. The summed E-state index contributed by atoms with van der Waals surface area (Å²) in [5.74, 6) is 1.11. The third-order valence-electron chi connectivity index (χ3n) is 7.48. The molecule has 37 heavy (non-hydrogen) atoms. The number of nitrogens with one attached hydrogen (secondary N) is 1. The summed E-state index contributed by atoms with van der Waals surface area (Å²) in [6, 6.07) is 10.1. The summed E-state index contributed by atoms with van der Waals surface area (Å²) in [5.41, 5.74) is 10.0. The molecule has 8 nitrogen and oxygen atoms in total. The lowest BCUT2D eigenvalue weighted by Crippen LogP contribution is -2.44. The lowest BCUT2D eigenvalue weighted by molar-refractivity contribution is -0.0507. The molecule has 1 aliphatic heterocycles. The monoisotopic (exact) mass is 504 g/mol. The Balaban J connectivity index is 1.44. The standard InChI is InChI=1S/C27H26F2N6O2/c1-31-24(36)17-4-2-5-21(37-26(28)29)23(17)19-8-9-22-34-18-7-6-15(12-20(18)35(19)22)16-13-32-25(33-14-16)27(30)10-3-11-27/h2,4-7,12-14,19,26H,3,8-11,30H2,1H3,(H,31,36)/t19-/m1/s1. The molecule has 190 valence electrons. The molecule has 1 aliphatic carbocycles. The minimum absolute atomic E-state index is 0.0114. The van der Waals surface area contributed by atoms with Gasteiger partial charge >= 0.3 is 6.61 Å². The molecule has 1 amide bonds. The van der Waals surface area contributed by atoms with Crippen LogP contribution >= 0.6 is 0 Å². The highest BCUT2D eigenvalue weighted by Crippen LogP contribution is 2.42. The summed E-state index contributed by atoms with van der Waals surface area (Å²) >= 11 is 0. The number of hydrogen-bond donors (Lipinski definition) is 2. The minimum Gasteiger partial charge on any atom is -0.434 e. The van der Waals surface area contributed by atoms with Gasteiger partial charge in [-0.15, -0.1) is 0 Å². The van der Waals surface area contributed by atoms with Gasteiger partial charge in [0.05, 0.1) is 22.6 Å². The van der Waals surface area contributed by atoms with Crippen LogP contribution in [0.3, 0.4) is 0 Å². The van der Waals surface area contributed by atoms with Gasteiger partial charge in [-0.25, -0.2) is 15.0 Å². The van der Waals surface area contributed by atoms with E-state index in [0.717, 1.165) is 47.2 Å². The first-order valence-corrected chi connectivity index (χ1v) is 12.3. The highest BCUT2D eigenvalue weighted by Gasteiger charge is 2.37. The second-order valence-electron chi connectivity index (χ2n) is 9.64. The molecule has 2 aromatic carbocycles. The third kappa shape index (κ3) is 3.92. The van der Waals surface area contributed by atoms with E-state index in [2.05, 4.69) is 15.3 Å². The molecule has 0 unspecified atom stereocenters. The van der Waals surface area contributed by atoms with E-state index in [1.807, 2.05) is 22.8 Å². The summed E-state index contributed by atoms with van der Waals surface area (Å²) in [5, 5.41) is 2.60. The van der Waals surface area contributed by atoms with E-state index in [0.29, 0.717) is 29.8 Å². The molecule has 0 saturated heterocycles. The van der Waals surface area contributed by atoms with E-state index in [1.165, 1.54) is 13.1 Å². The molecule has 1 saturated carbocycles. The number of nitrogens with zero attached hydrogens (tertiary/aromatic N) is 4. The Labute approximate surface area is 211 Å². The van der Waals surface area contributed by atoms with E-state index < -0.39 is 18.2 Å². The predicted octanol–water partition coefficient (Wildman–Crippen LogP) is 4.33. The third-order valence-corrected chi connectivity index (χ3v) is 7.48. The van der Waals surface area contributed by atoms with Crippen molar-refractivity contribution in [1.29, 1.82) is 0 Å². The van der Waals surface area contributed by atoms with Gasteiger partial charge in [0.2, 0.25) is 0 Å². The van der Waals surface area contributed by atoms with Crippen LogP contribution in [-0.4, -0.2) is 39.1 Å². The van der Waals surface area contributed by atoms with Crippen LogP contribution in [0.2, 0.25) is 0 Å². The molecule has 3 N–H and O–H groups in total. The van der Waals surface area contributed by atoms with E-state index in [4.69, 9.17) is 15.5 Å². The zero-order chi connectivity index (χ0) is 25.7. The Kier molecular flexibility index (Phi) is 5.63. The van der Waals surface area contributed by atoms with Crippen LogP contribution in [0.5, 0.6) is 5.75 Å². The number of benzene rings is 2. The van der Waals surface area contributed by atoms with Gasteiger partial charge in [0.15, 0.2) is 0 Å². The number of carbonyl (C=O) groups is 1. The number of aryl methyl sites for hydroxylation is 1. The molecule has 3 heterocycles. The fourth-order valence-corrected chi connectivity index (χ4v) is 5.45. The lowest BCUT2D eigenvalue weighted by Gasteiger charge is -2.36. The number of halogens is 2. The fourth-order valence-electron chi connectivity index (χ4n) is 5.45. The van der Waals surface area contributed by atoms with Crippen LogP contribution in [0.25, 0.3) is 22.2 Å². The van der Waals surface area contributed by atoms with Crippen molar-refractivity contribution in [3.05, 3.63) is 71.6 Å². The Bertz CT molecular complexity index is 1500. The van der Waals surface area contributed by atoms with Gasteiger partial charge < -0.3 is 20.4 Å². The maximum absolute atomic E-state index is 13.3. The summed E-state index contributed by atoms with van der Waals surface area (Å²) in [6.45, 7) is -3.01. The van der Waals surface area contributed by atoms with Crippen molar-refractivity contribution in [1.82, 2.24) is 24.8 Å². The summed E-state index contributed by atoms with van der Waals surface area (Å²) in [4.78, 5) is 26.6. The molecule has 0 spiro atoms. The SMILES string of the molecule is CNC(=O)c1cccc(OC(F)F)c1[C@H]1CCc2nc3ccc(-c4cnc(C5(N)CCC5)nc4)cc3n21. The summed E-state index contributed by atoms with van der Waals surface area (Å²) < 4.78 is 33.5. The molecule has 2 aliphatic rings. The van der Waals surface area contributed by atoms with E-state index in [9.17, 15) is 13.6 Å². The molecule has 10 heteroatoms. The topological polar surface area (TPSA) is 108 Å². The zero-order valence-corrected chi connectivity index (χ0v) is 20.2. The van der Waals surface area contributed by atoms with Gasteiger partial charge in [0.25, 0.3) is 5.91 Å². The smallest absolute Gasteiger partial charge is 0.387 e. The maximum Gasteiger partial charge on any atom is 0.387 e. The Hall–Kier alpha value is -3.92. The maximum atomic E-state index is 13.3. The van der Waals surface area contributed by atoms with Gasteiger partial charge in [-0.05, 0) is 55.5 Å². The zero-order valence-electron chi connectivity index (χ0n) is 20.2. The largest absolute Gasteiger partial charge is 0.434 e. The highest BCUT2D eigenvalue weighted by molar-refractivity contribution is 5.96. The van der Waals surface area contributed by atoms with Crippen molar-refractivity contribution in [2.24, 2.45) is 5.73 Å². The Morgan fingerprint density at radius 3 is 2.65 bits per heavy atom. The molecule has 1 fully saturated rings. The summed E-state index contributed by atoms with van der Waals surface area (Å²) in [7, 11) is 1.51. The number of alkyl halides is 2. The van der Waals surface area contributed by atoms with Crippen LogP contribution in [0.15, 0.2) is 48.8 Å². The van der Waals surface area contributed by atoms with Crippen molar-refractivity contribution in [3.63, 3.8) is 0 Å². The van der Waals surface area contributed by atoms with Crippen LogP contribution in [0, 0.1) is 0 Å². The second-order valence-corrected chi connectivity index (χ2v) is 9.64. The van der Waals surface area contributed by atoms with E-state index >= 15 is 0 Å². The van der Waals surface area contributed by atoms with Crippen molar-refractivity contribution >= 4 is 16.9 Å². The molecular weight excluding hydrogens is 478 g/mol. The number of hydrogen-bond acceptors (Lipinski definition) is 6. The van der Waals surface area contributed by atoms with Crippen molar-refractivity contribution in [2.45, 2.75) is 50.3 Å². The number of ether oxygens (including phenoxy) is 1. The van der Waals surface area contributed by atoms with Crippen LogP contribution < -0.4 is 15.8 Å². The number of imidazole rings is 1. The van der Waals surface area contributed by atoms with Crippen molar-refractivity contribution in [2.75, 3.05) is 7.05 Å². The molecule has 0 radical (unpaired) electrons. The van der Waals surface area contributed by atoms with E-state index in [1.54, 1.807) is 24.5 Å². The first-order chi connectivity index (χ1) is 17.9. The number of rotatable bonds is 6. The number of amides is 1. The first kappa shape index (κ1) is 23.5. The van der Waals surface area contributed by atoms with Gasteiger partial charge in [0, 0.05) is 42.6 Å². The molecular formula is C27H26F2N6O2. The minimum atomic E-state index is -3.01. The van der Waals surface area contributed by atoms with E-state index in [-0.39, 0.29) is 11.7 Å². The average molecular weight is 505 g/mol. The first-order valence-electron chi connectivity index (χ1n) is 12.3. The molecule has 2 aromatic heterocycles. The Morgan fingerprint density at radius 1 is 1.19 bits per heavy atom. The van der Waals surface area contributed by atoms with Crippen molar-refractivity contribution < 1.29 is 18.3 Å². The molecule has 6 rings (SSSR count). The van der Waals surface area contributed by atoms with Crippen LogP contribution in [-0.2, 0) is 12.0 Å². The molecule has 1 atom stereocenters. The normalized spacial score (nSPS) is 18.0. The number of nitrogens with two attached hydrogens (primary N) is 1. The second kappa shape index (κ2) is 8.88. The van der Waals surface area contributed by atoms with Gasteiger partial charge in [-0.1, -0.05) is 12.1 Å². The van der Waals surface area contributed by atoms with Crippen molar-refractivity contribution in [3.8, 4) is 16.9 Å². The molecule has 4 aromatic rings. The lowest BCUT2D eigenvalue weighted by atomic mass is 9.77. The van der Waals surface area contributed by atoms with Gasteiger partial charge in [0.1, 0.15) is 17.4 Å². The van der Waals surface area contributed by atoms with Crippen LogP contribution in [0.4, 0.5) is 8.78 Å². The Morgan fingerprint density at radius 2 is 1.97 bits per heavy atom. The summed E-state index contributed by atoms with van der Waals surface area (Å²) in [6.07, 6.45) is 7.66. The number of fused-ring (bicyclic) bond motifs is 3. The quantitative estimate of drug-likeness (QED) is 0.405. The fraction of sp³-hybridized carbons (Fsp3) is 0.333.